The topological polar surface area (TPSA) is 67.9 Å². The highest BCUT2D eigenvalue weighted by Crippen LogP contribution is 2.46. The van der Waals surface area contributed by atoms with E-state index in [1.165, 1.54) is 12.8 Å². The Morgan fingerprint density at radius 3 is 2.39 bits per heavy atom. The van der Waals surface area contributed by atoms with Crippen molar-refractivity contribution in [3.05, 3.63) is 45.6 Å². The van der Waals surface area contributed by atoms with E-state index in [-0.39, 0.29) is 23.9 Å². The number of carbonyl (C=O) groups excluding carboxylic acids is 2. The van der Waals surface area contributed by atoms with Crippen molar-refractivity contribution in [3.63, 3.8) is 0 Å². The van der Waals surface area contributed by atoms with E-state index in [2.05, 4.69) is 5.32 Å². The minimum absolute atomic E-state index is 0.0295. The largest absolute Gasteiger partial charge is 0.493 e. The molecule has 0 saturated heterocycles. The summed E-state index contributed by atoms with van der Waals surface area (Å²) in [6.07, 6.45) is 6.76. The molecule has 6 nitrogen and oxygen atoms in total. The third-order valence-corrected chi connectivity index (χ3v) is 7.44. The summed E-state index contributed by atoms with van der Waals surface area (Å²) in [5.74, 6) is 0.349. The van der Waals surface area contributed by atoms with E-state index in [4.69, 9.17) is 9.47 Å². The molecule has 1 aromatic heterocycles. The van der Waals surface area contributed by atoms with Gasteiger partial charge >= 0.3 is 0 Å². The normalized spacial score (nSPS) is 21.9. The predicted molar refractivity (Wildman–Crippen MR) is 121 cm³/mol. The number of thiophene rings is 1. The number of fused-ring (bicyclic) bond motifs is 1. The molecule has 4 rings (SSSR count). The Labute approximate surface area is 187 Å². The van der Waals surface area contributed by atoms with Crippen molar-refractivity contribution >= 4 is 23.2 Å². The van der Waals surface area contributed by atoms with Gasteiger partial charge in [-0.05, 0) is 42.0 Å². The zero-order valence-corrected chi connectivity index (χ0v) is 19.2. The number of hydrogen-bond donors (Lipinski definition) is 1. The van der Waals surface area contributed by atoms with Crippen molar-refractivity contribution in [1.29, 1.82) is 0 Å². The van der Waals surface area contributed by atoms with Crippen molar-refractivity contribution in [2.24, 2.45) is 0 Å². The number of methoxy groups -OCH3 is 2. The van der Waals surface area contributed by atoms with E-state index in [0.29, 0.717) is 22.6 Å². The molecule has 0 unspecified atom stereocenters. The van der Waals surface area contributed by atoms with Gasteiger partial charge in [-0.15, -0.1) is 11.3 Å². The number of nitrogens with one attached hydrogen (secondary N) is 1. The number of rotatable bonds is 5. The average molecular weight is 443 g/mol. The molecule has 1 N–H and O–H groups in total. The molecule has 1 aromatic carbocycles. The van der Waals surface area contributed by atoms with Crippen molar-refractivity contribution in [3.8, 4) is 11.5 Å². The van der Waals surface area contributed by atoms with Gasteiger partial charge in [-0.1, -0.05) is 31.7 Å². The lowest BCUT2D eigenvalue weighted by Crippen LogP contribution is -2.47. The van der Waals surface area contributed by atoms with E-state index >= 15 is 0 Å². The summed E-state index contributed by atoms with van der Waals surface area (Å²) in [5, 5.41) is 5.30. The van der Waals surface area contributed by atoms with Crippen LogP contribution in [-0.2, 0) is 4.79 Å². The average Bonchev–Trinajstić information content (AvgIpc) is 3.19. The molecule has 0 spiro atoms. The Bertz CT molecular complexity index is 935. The van der Waals surface area contributed by atoms with Gasteiger partial charge in [0.05, 0.1) is 26.2 Å². The first-order valence-corrected chi connectivity index (χ1v) is 11.8. The molecule has 2 aliphatic rings. The standard InChI is InChI=1S/C24H30N2O4S/c1-26-22(20-11-8-12-31-20)21(23(27)25-15-9-6-4-5-7-10-15)16-13-18(29-2)19(30-3)14-17(16)24(26)28/h8,11-15,21-22H,4-7,9-10H2,1-3H3,(H,25,27)/t21-,22-/m1/s1. The zero-order chi connectivity index (χ0) is 22.0. The van der Waals surface area contributed by atoms with Crippen molar-refractivity contribution < 1.29 is 19.1 Å². The molecule has 31 heavy (non-hydrogen) atoms. The van der Waals surface area contributed by atoms with E-state index in [1.807, 2.05) is 17.5 Å². The Balaban J connectivity index is 1.78. The third-order valence-electron chi connectivity index (χ3n) is 6.49. The summed E-state index contributed by atoms with van der Waals surface area (Å²) >= 11 is 1.57. The van der Waals surface area contributed by atoms with Gasteiger partial charge in [0.25, 0.3) is 5.91 Å². The maximum Gasteiger partial charge on any atom is 0.254 e. The zero-order valence-electron chi connectivity index (χ0n) is 18.3. The molecule has 2 atom stereocenters. The number of benzene rings is 1. The van der Waals surface area contributed by atoms with Crippen LogP contribution >= 0.6 is 11.3 Å². The van der Waals surface area contributed by atoms with Crippen molar-refractivity contribution in [2.45, 2.75) is 56.5 Å². The maximum absolute atomic E-state index is 13.7. The smallest absolute Gasteiger partial charge is 0.254 e. The highest BCUT2D eigenvalue weighted by molar-refractivity contribution is 7.10. The van der Waals surface area contributed by atoms with Crippen LogP contribution in [0.25, 0.3) is 0 Å². The summed E-state index contributed by atoms with van der Waals surface area (Å²) in [5.41, 5.74) is 1.19. The van der Waals surface area contributed by atoms with Crippen LogP contribution in [0.1, 0.15) is 71.3 Å². The van der Waals surface area contributed by atoms with Crippen LogP contribution in [0.4, 0.5) is 0 Å². The monoisotopic (exact) mass is 442 g/mol. The molecule has 166 valence electrons. The summed E-state index contributed by atoms with van der Waals surface area (Å²) < 4.78 is 10.9. The minimum atomic E-state index is -0.514. The van der Waals surface area contributed by atoms with Gasteiger partial charge in [0.1, 0.15) is 0 Å². The van der Waals surface area contributed by atoms with Gasteiger partial charge in [-0.2, -0.15) is 0 Å². The Morgan fingerprint density at radius 1 is 1.10 bits per heavy atom. The van der Waals surface area contributed by atoms with Gasteiger partial charge in [-0.25, -0.2) is 0 Å². The SMILES string of the molecule is COc1cc2c(cc1OC)[C@@H](C(=O)NC1CCCCCC1)[C@@H](c1cccs1)N(C)C2=O. The highest BCUT2D eigenvalue weighted by atomic mass is 32.1. The van der Waals surface area contributed by atoms with Crippen LogP contribution in [0.5, 0.6) is 11.5 Å². The molecule has 1 aliphatic heterocycles. The summed E-state index contributed by atoms with van der Waals surface area (Å²) in [6, 6.07) is 7.29. The van der Waals surface area contributed by atoms with Gasteiger partial charge in [0.15, 0.2) is 11.5 Å². The second-order valence-corrected chi connectivity index (χ2v) is 9.32. The minimum Gasteiger partial charge on any atom is -0.493 e. The number of amides is 2. The predicted octanol–water partition coefficient (Wildman–Crippen LogP) is 4.51. The van der Waals surface area contributed by atoms with Crippen LogP contribution in [0, 0.1) is 0 Å². The molecular weight excluding hydrogens is 412 g/mol. The first kappa shape index (κ1) is 21.7. The lowest BCUT2D eigenvalue weighted by atomic mass is 9.81. The van der Waals surface area contributed by atoms with Gasteiger partial charge in [-0.3, -0.25) is 9.59 Å². The van der Waals surface area contributed by atoms with E-state index in [1.54, 1.807) is 49.6 Å². The van der Waals surface area contributed by atoms with Crippen LogP contribution < -0.4 is 14.8 Å². The van der Waals surface area contributed by atoms with Gasteiger partial charge < -0.3 is 19.7 Å². The second-order valence-electron chi connectivity index (χ2n) is 8.35. The molecule has 0 bridgehead atoms. The van der Waals surface area contributed by atoms with Crippen molar-refractivity contribution in [2.75, 3.05) is 21.3 Å². The van der Waals surface area contributed by atoms with E-state index in [9.17, 15) is 9.59 Å². The molecule has 2 amide bonds. The quantitative estimate of drug-likeness (QED) is 0.692. The summed E-state index contributed by atoms with van der Waals surface area (Å²) in [4.78, 5) is 29.7. The molecule has 0 radical (unpaired) electrons. The Morgan fingerprint density at radius 2 is 1.77 bits per heavy atom. The molecule has 1 aliphatic carbocycles. The fourth-order valence-electron chi connectivity index (χ4n) is 4.86. The van der Waals surface area contributed by atoms with Crippen LogP contribution in [0.15, 0.2) is 29.6 Å². The fraction of sp³-hybridized carbons (Fsp3) is 0.500. The van der Waals surface area contributed by atoms with E-state index < -0.39 is 5.92 Å². The first-order valence-electron chi connectivity index (χ1n) is 10.9. The third kappa shape index (κ3) is 4.15. The molecule has 1 saturated carbocycles. The van der Waals surface area contributed by atoms with Crippen LogP contribution in [0.3, 0.4) is 0 Å². The van der Waals surface area contributed by atoms with Crippen molar-refractivity contribution in [1.82, 2.24) is 10.2 Å². The lowest BCUT2D eigenvalue weighted by molar-refractivity contribution is -0.124. The Kier molecular flexibility index (Phi) is 6.51. The number of nitrogens with zero attached hydrogens (tertiary/aromatic N) is 1. The first-order chi connectivity index (χ1) is 15.0. The molecule has 2 heterocycles. The van der Waals surface area contributed by atoms with Gasteiger partial charge in [0.2, 0.25) is 5.91 Å². The van der Waals surface area contributed by atoms with Crippen LogP contribution in [0.2, 0.25) is 0 Å². The Hall–Kier alpha value is -2.54. The number of carbonyl (C=O) groups is 2. The molecule has 1 fully saturated rings. The maximum atomic E-state index is 13.7. The highest BCUT2D eigenvalue weighted by Gasteiger charge is 2.44. The second kappa shape index (κ2) is 9.30. The lowest BCUT2D eigenvalue weighted by Gasteiger charge is -2.39. The summed E-state index contributed by atoms with van der Waals surface area (Å²) in [7, 11) is 4.89. The van der Waals surface area contributed by atoms with E-state index in [0.717, 1.165) is 30.6 Å². The number of ether oxygens (including phenoxy) is 2. The molecule has 7 heteroatoms. The number of likely N-dealkylation sites (N-methyl/N-ethyl adjacent to an activating group) is 1. The summed E-state index contributed by atoms with van der Waals surface area (Å²) in [6.45, 7) is 0. The molecule has 2 aromatic rings. The van der Waals surface area contributed by atoms with Gasteiger partial charge in [0, 0.05) is 23.5 Å². The molecular formula is C24H30N2O4S. The van der Waals surface area contributed by atoms with Crippen LogP contribution in [-0.4, -0.2) is 44.0 Å². The fourth-order valence-corrected chi connectivity index (χ4v) is 5.77. The number of hydrogen-bond acceptors (Lipinski definition) is 5.